The molecule has 0 saturated heterocycles. The van der Waals surface area contributed by atoms with E-state index in [0.717, 1.165) is 6.26 Å². The first-order chi connectivity index (χ1) is 9.26. The molecule has 0 unspecified atom stereocenters. The Hall–Kier alpha value is -1.93. The molecule has 8 heteroatoms. The van der Waals surface area contributed by atoms with Crippen molar-refractivity contribution in [2.75, 3.05) is 23.4 Å². The summed E-state index contributed by atoms with van der Waals surface area (Å²) >= 11 is 0. The summed E-state index contributed by atoms with van der Waals surface area (Å²) in [5.74, 6) is -0.470. The van der Waals surface area contributed by atoms with Gasteiger partial charge in [-0.1, -0.05) is 0 Å². The van der Waals surface area contributed by atoms with Crippen molar-refractivity contribution in [3.63, 3.8) is 0 Å². The number of hydrogen-bond donors (Lipinski definition) is 3. The Morgan fingerprint density at radius 2 is 1.55 bits per heavy atom. The largest absolute Gasteiger partial charge is 0.326 e. The molecule has 0 heterocycles. The van der Waals surface area contributed by atoms with Gasteiger partial charge in [0.1, 0.15) is 0 Å². The van der Waals surface area contributed by atoms with Crippen LogP contribution < -0.4 is 15.4 Å². The predicted molar refractivity (Wildman–Crippen MR) is 76.8 cm³/mol. The van der Waals surface area contributed by atoms with Gasteiger partial charge in [-0.2, -0.15) is 0 Å². The number of carbonyl (C=O) groups is 2. The van der Waals surface area contributed by atoms with Gasteiger partial charge in [-0.15, -0.1) is 0 Å². The van der Waals surface area contributed by atoms with Crippen LogP contribution in [0, 0.1) is 0 Å². The van der Waals surface area contributed by atoms with Crippen molar-refractivity contribution in [3.05, 3.63) is 24.3 Å². The van der Waals surface area contributed by atoms with Gasteiger partial charge in [-0.3, -0.25) is 9.59 Å². The molecule has 110 valence electrons. The van der Waals surface area contributed by atoms with Gasteiger partial charge in [0.15, 0.2) is 0 Å². The number of anilines is 2. The zero-order valence-electron chi connectivity index (χ0n) is 11.3. The molecule has 0 spiro atoms. The lowest BCUT2D eigenvalue weighted by Gasteiger charge is -2.07. The van der Waals surface area contributed by atoms with Gasteiger partial charge in [-0.25, -0.2) is 13.1 Å². The second kappa shape index (κ2) is 7.01. The third-order valence-corrected chi connectivity index (χ3v) is 2.93. The molecule has 3 N–H and O–H groups in total. The van der Waals surface area contributed by atoms with E-state index in [-0.39, 0.29) is 24.8 Å². The molecular formula is C12H17N3O4S. The SMILES string of the molecule is CC(=O)Nc1ccc(NC(=O)CCNS(C)(=O)=O)cc1. The van der Waals surface area contributed by atoms with Gasteiger partial charge < -0.3 is 10.6 Å². The van der Waals surface area contributed by atoms with Crippen LogP contribution in [0.4, 0.5) is 11.4 Å². The predicted octanol–water partition coefficient (Wildman–Crippen LogP) is 0.523. The zero-order valence-corrected chi connectivity index (χ0v) is 12.1. The smallest absolute Gasteiger partial charge is 0.225 e. The van der Waals surface area contributed by atoms with Crippen LogP contribution in [0.2, 0.25) is 0 Å². The van der Waals surface area contributed by atoms with E-state index in [1.807, 2.05) is 0 Å². The van der Waals surface area contributed by atoms with Crippen LogP contribution in [-0.2, 0) is 19.6 Å². The normalized spacial score (nSPS) is 10.9. The van der Waals surface area contributed by atoms with Gasteiger partial charge in [0.2, 0.25) is 21.8 Å². The standard InChI is InChI=1S/C12H17N3O4S/c1-9(16)14-10-3-5-11(6-4-10)15-12(17)7-8-13-20(2,18)19/h3-6,13H,7-8H2,1-2H3,(H,14,16)(H,15,17). The minimum atomic E-state index is -3.28. The monoisotopic (exact) mass is 299 g/mol. The quantitative estimate of drug-likeness (QED) is 0.712. The first-order valence-corrected chi connectivity index (χ1v) is 7.77. The fraction of sp³-hybridized carbons (Fsp3) is 0.333. The van der Waals surface area contributed by atoms with Crippen molar-refractivity contribution in [2.24, 2.45) is 0 Å². The molecule has 1 aromatic rings. The number of sulfonamides is 1. The summed E-state index contributed by atoms with van der Waals surface area (Å²) in [6, 6.07) is 6.61. The van der Waals surface area contributed by atoms with Crippen LogP contribution in [0.1, 0.15) is 13.3 Å². The van der Waals surface area contributed by atoms with Crippen LogP contribution in [0.5, 0.6) is 0 Å². The molecule has 0 aromatic heterocycles. The van der Waals surface area contributed by atoms with Crippen LogP contribution in [0.3, 0.4) is 0 Å². The zero-order chi connectivity index (χ0) is 15.2. The maximum atomic E-state index is 11.5. The molecule has 1 rings (SSSR count). The summed E-state index contributed by atoms with van der Waals surface area (Å²) in [4.78, 5) is 22.4. The van der Waals surface area contributed by atoms with Crippen molar-refractivity contribution in [1.29, 1.82) is 0 Å². The summed E-state index contributed by atoms with van der Waals surface area (Å²) in [5.41, 5.74) is 1.21. The Morgan fingerprint density at radius 3 is 2.00 bits per heavy atom. The summed E-state index contributed by atoms with van der Waals surface area (Å²) in [6.45, 7) is 1.46. The molecule has 0 fully saturated rings. The number of amides is 2. The highest BCUT2D eigenvalue weighted by atomic mass is 32.2. The molecule has 0 atom stereocenters. The average Bonchev–Trinajstić information content (AvgIpc) is 2.29. The molecular weight excluding hydrogens is 282 g/mol. The van der Waals surface area contributed by atoms with Crippen molar-refractivity contribution in [2.45, 2.75) is 13.3 Å². The summed E-state index contributed by atoms with van der Waals surface area (Å²) in [6.07, 6.45) is 1.08. The van der Waals surface area contributed by atoms with E-state index < -0.39 is 10.0 Å². The van der Waals surface area contributed by atoms with Gasteiger partial charge >= 0.3 is 0 Å². The van der Waals surface area contributed by atoms with Gasteiger partial charge in [0.05, 0.1) is 6.26 Å². The maximum absolute atomic E-state index is 11.5. The molecule has 0 bridgehead atoms. The van der Waals surface area contributed by atoms with E-state index in [2.05, 4.69) is 15.4 Å². The first-order valence-electron chi connectivity index (χ1n) is 5.88. The lowest BCUT2D eigenvalue weighted by Crippen LogP contribution is -2.26. The Morgan fingerprint density at radius 1 is 1.05 bits per heavy atom. The van der Waals surface area contributed by atoms with Crippen molar-refractivity contribution in [3.8, 4) is 0 Å². The number of hydrogen-bond acceptors (Lipinski definition) is 4. The number of benzene rings is 1. The Labute approximate surface area is 117 Å². The van der Waals surface area contributed by atoms with Crippen molar-refractivity contribution >= 4 is 33.2 Å². The van der Waals surface area contributed by atoms with E-state index in [4.69, 9.17) is 0 Å². The fourth-order valence-corrected chi connectivity index (χ4v) is 1.89. The van der Waals surface area contributed by atoms with Gasteiger partial charge in [0, 0.05) is 31.3 Å². The molecule has 0 aliphatic carbocycles. The molecule has 0 saturated carbocycles. The van der Waals surface area contributed by atoms with E-state index in [1.165, 1.54) is 6.92 Å². The maximum Gasteiger partial charge on any atom is 0.225 e. The van der Waals surface area contributed by atoms with Crippen LogP contribution in [-0.4, -0.2) is 33.0 Å². The van der Waals surface area contributed by atoms with E-state index in [9.17, 15) is 18.0 Å². The second-order valence-corrected chi connectivity index (χ2v) is 6.06. The summed E-state index contributed by atoms with van der Waals surface area (Å²) in [5, 5.41) is 5.23. The molecule has 0 aliphatic rings. The minimum absolute atomic E-state index is 0.0422. The Bertz CT molecular complexity index is 581. The summed E-state index contributed by atoms with van der Waals surface area (Å²) < 4.78 is 23.9. The highest BCUT2D eigenvalue weighted by Crippen LogP contribution is 2.13. The molecule has 7 nitrogen and oxygen atoms in total. The second-order valence-electron chi connectivity index (χ2n) is 4.22. The van der Waals surface area contributed by atoms with Gasteiger partial charge in [0.25, 0.3) is 0 Å². The Kier molecular flexibility index (Phi) is 5.66. The van der Waals surface area contributed by atoms with Crippen LogP contribution in [0.25, 0.3) is 0 Å². The highest BCUT2D eigenvalue weighted by Gasteiger charge is 2.05. The van der Waals surface area contributed by atoms with Crippen LogP contribution >= 0.6 is 0 Å². The Balaban J connectivity index is 2.44. The number of rotatable bonds is 6. The molecule has 1 aromatic carbocycles. The lowest BCUT2D eigenvalue weighted by molar-refractivity contribution is -0.116. The lowest BCUT2D eigenvalue weighted by atomic mass is 10.2. The third-order valence-electron chi connectivity index (χ3n) is 2.21. The van der Waals surface area contributed by atoms with E-state index in [1.54, 1.807) is 24.3 Å². The molecule has 20 heavy (non-hydrogen) atoms. The molecule has 0 aliphatic heterocycles. The molecule has 2 amide bonds. The van der Waals surface area contributed by atoms with E-state index in [0.29, 0.717) is 11.4 Å². The average molecular weight is 299 g/mol. The third kappa shape index (κ3) is 6.86. The van der Waals surface area contributed by atoms with Crippen molar-refractivity contribution in [1.82, 2.24) is 4.72 Å². The highest BCUT2D eigenvalue weighted by molar-refractivity contribution is 7.88. The number of nitrogens with one attached hydrogen (secondary N) is 3. The van der Waals surface area contributed by atoms with Gasteiger partial charge in [-0.05, 0) is 24.3 Å². The fourth-order valence-electron chi connectivity index (χ4n) is 1.41. The van der Waals surface area contributed by atoms with Crippen LogP contribution in [0.15, 0.2) is 24.3 Å². The summed E-state index contributed by atoms with van der Waals surface area (Å²) in [7, 11) is -3.28. The minimum Gasteiger partial charge on any atom is -0.326 e. The van der Waals surface area contributed by atoms with E-state index >= 15 is 0 Å². The topological polar surface area (TPSA) is 104 Å². The number of carbonyl (C=O) groups excluding carboxylic acids is 2. The first kappa shape index (κ1) is 16.1. The molecule has 0 radical (unpaired) electrons. The van der Waals surface area contributed by atoms with Crippen molar-refractivity contribution < 1.29 is 18.0 Å².